The number of benzene rings is 1. The standard InChI is InChI=1S/C14H18Cl2N2O3S/c1-2-22(21)11-5-3-4-9(6-11)17-14-12(15)7-10(18(19)20)8-13(14)16/h7-9,11,17H,2-6H2,1H3. The number of hydrogen-bond donors (Lipinski definition) is 1. The number of nitrogens with one attached hydrogen (secondary N) is 1. The van der Waals surface area contributed by atoms with Crippen LogP contribution in [0.25, 0.3) is 0 Å². The first-order valence-corrected chi connectivity index (χ1v) is 9.33. The van der Waals surface area contributed by atoms with E-state index in [1.807, 2.05) is 6.92 Å². The summed E-state index contributed by atoms with van der Waals surface area (Å²) >= 11 is 12.2. The molecule has 0 bridgehead atoms. The molecule has 5 nitrogen and oxygen atoms in total. The lowest BCUT2D eigenvalue weighted by molar-refractivity contribution is -0.384. The number of anilines is 1. The number of non-ortho nitro benzene ring substituents is 1. The Labute approximate surface area is 142 Å². The third-order valence-electron chi connectivity index (χ3n) is 3.87. The molecule has 8 heteroatoms. The molecule has 1 aliphatic rings. The molecule has 0 amide bonds. The minimum Gasteiger partial charge on any atom is -0.380 e. The summed E-state index contributed by atoms with van der Waals surface area (Å²) in [5, 5.41) is 14.7. The van der Waals surface area contributed by atoms with Crippen molar-refractivity contribution in [1.29, 1.82) is 0 Å². The molecule has 1 fully saturated rings. The molecule has 1 aromatic rings. The highest BCUT2D eigenvalue weighted by molar-refractivity contribution is 7.85. The van der Waals surface area contributed by atoms with Crippen LogP contribution in [-0.4, -0.2) is 26.2 Å². The average Bonchev–Trinajstić information content (AvgIpc) is 2.50. The lowest BCUT2D eigenvalue weighted by Gasteiger charge is -2.30. The van der Waals surface area contributed by atoms with Gasteiger partial charge >= 0.3 is 0 Å². The van der Waals surface area contributed by atoms with Gasteiger partial charge in [0.25, 0.3) is 5.69 Å². The number of nitrogens with zero attached hydrogens (tertiary/aromatic N) is 1. The van der Waals surface area contributed by atoms with Gasteiger partial charge in [-0.25, -0.2) is 0 Å². The highest BCUT2D eigenvalue weighted by Crippen LogP contribution is 2.36. The van der Waals surface area contributed by atoms with Crippen LogP contribution in [0.5, 0.6) is 0 Å². The second kappa shape index (κ2) is 7.62. The average molecular weight is 365 g/mol. The summed E-state index contributed by atoms with van der Waals surface area (Å²) in [6, 6.07) is 2.71. The maximum absolute atomic E-state index is 12.0. The minimum absolute atomic E-state index is 0.130. The molecule has 3 unspecified atom stereocenters. The smallest absolute Gasteiger partial charge is 0.272 e. The Kier molecular flexibility index (Phi) is 6.06. The molecule has 3 atom stereocenters. The Morgan fingerprint density at radius 2 is 2.00 bits per heavy atom. The molecule has 0 aliphatic heterocycles. The molecule has 1 aromatic carbocycles. The lowest BCUT2D eigenvalue weighted by atomic mass is 9.94. The lowest BCUT2D eigenvalue weighted by Crippen LogP contribution is -2.33. The summed E-state index contributed by atoms with van der Waals surface area (Å²) in [7, 11) is -0.808. The molecule has 122 valence electrons. The van der Waals surface area contributed by atoms with E-state index in [9.17, 15) is 14.3 Å². The van der Waals surface area contributed by atoms with Crippen molar-refractivity contribution in [3.8, 4) is 0 Å². The predicted molar refractivity (Wildman–Crippen MR) is 91.5 cm³/mol. The van der Waals surface area contributed by atoms with E-state index in [1.165, 1.54) is 12.1 Å². The maximum Gasteiger partial charge on any atom is 0.272 e. The van der Waals surface area contributed by atoms with Crippen LogP contribution >= 0.6 is 23.2 Å². The van der Waals surface area contributed by atoms with Crippen LogP contribution in [0.2, 0.25) is 10.0 Å². The maximum atomic E-state index is 12.0. The van der Waals surface area contributed by atoms with Crippen LogP contribution in [-0.2, 0) is 10.8 Å². The third-order valence-corrected chi connectivity index (χ3v) is 6.21. The van der Waals surface area contributed by atoms with Crippen molar-refractivity contribution in [2.24, 2.45) is 0 Å². The molecular weight excluding hydrogens is 347 g/mol. The van der Waals surface area contributed by atoms with E-state index in [2.05, 4.69) is 5.32 Å². The molecule has 1 saturated carbocycles. The van der Waals surface area contributed by atoms with Gasteiger partial charge < -0.3 is 5.32 Å². The van der Waals surface area contributed by atoms with Gasteiger partial charge in [0.15, 0.2) is 0 Å². The molecule has 0 spiro atoms. The van der Waals surface area contributed by atoms with Crippen LogP contribution in [0.1, 0.15) is 32.6 Å². The quantitative estimate of drug-likeness (QED) is 0.620. The molecular formula is C14H18Cl2N2O3S. The van der Waals surface area contributed by atoms with Gasteiger partial charge in [-0.3, -0.25) is 14.3 Å². The van der Waals surface area contributed by atoms with Gasteiger partial charge in [-0.15, -0.1) is 0 Å². The highest BCUT2D eigenvalue weighted by atomic mass is 35.5. The molecule has 2 rings (SSSR count). The van der Waals surface area contributed by atoms with Gasteiger partial charge in [-0.1, -0.05) is 36.5 Å². The van der Waals surface area contributed by atoms with Crippen molar-refractivity contribution in [3.63, 3.8) is 0 Å². The zero-order valence-corrected chi connectivity index (χ0v) is 14.5. The van der Waals surface area contributed by atoms with Gasteiger partial charge in [0, 0.05) is 40.0 Å². The summed E-state index contributed by atoms with van der Waals surface area (Å²) in [5.41, 5.74) is 0.385. The van der Waals surface area contributed by atoms with Crippen molar-refractivity contribution < 1.29 is 9.13 Å². The first kappa shape index (κ1) is 17.5. The number of hydrogen-bond acceptors (Lipinski definition) is 4. The fraction of sp³-hybridized carbons (Fsp3) is 0.571. The summed E-state index contributed by atoms with van der Waals surface area (Å²) in [4.78, 5) is 10.3. The topological polar surface area (TPSA) is 72.2 Å². The fourth-order valence-electron chi connectivity index (χ4n) is 2.76. The Balaban J connectivity index is 2.13. The van der Waals surface area contributed by atoms with E-state index in [0.717, 1.165) is 25.7 Å². The third kappa shape index (κ3) is 4.12. The molecule has 0 saturated heterocycles. The van der Waals surface area contributed by atoms with E-state index in [4.69, 9.17) is 23.2 Å². The first-order valence-electron chi connectivity index (χ1n) is 7.19. The Hall–Kier alpha value is -0.850. The summed E-state index contributed by atoms with van der Waals surface area (Å²) in [6.07, 6.45) is 3.71. The van der Waals surface area contributed by atoms with Crippen LogP contribution in [0.15, 0.2) is 12.1 Å². The van der Waals surface area contributed by atoms with Crippen LogP contribution in [0, 0.1) is 10.1 Å². The van der Waals surface area contributed by atoms with E-state index >= 15 is 0 Å². The molecule has 0 aromatic heterocycles. The molecule has 1 N–H and O–H groups in total. The normalized spacial score (nSPS) is 23.0. The van der Waals surface area contributed by atoms with Gasteiger partial charge in [-0.05, 0) is 19.3 Å². The zero-order chi connectivity index (χ0) is 16.3. The summed E-state index contributed by atoms with van der Waals surface area (Å²) in [6.45, 7) is 1.93. The number of nitro groups is 1. The second-order valence-corrected chi connectivity index (χ2v) is 8.16. The van der Waals surface area contributed by atoms with Crippen molar-refractivity contribution in [1.82, 2.24) is 0 Å². The SMILES string of the molecule is CCS(=O)C1CCCC(Nc2c(Cl)cc([N+](=O)[O-])cc2Cl)C1. The van der Waals surface area contributed by atoms with Crippen LogP contribution < -0.4 is 5.32 Å². The predicted octanol–water partition coefficient (Wildman–Crippen LogP) is 4.39. The van der Waals surface area contributed by atoms with Gasteiger partial charge in [0.1, 0.15) is 0 Å². The molecule has 1 aliphatic carbocycles. The zero-order valence-electron chi connectivity index (χ0n) is 12.2. The van der Waals surface area contributed by atoms with Crippen LogP contribution in [0.4, 0.5) is 11.4 Å². The van der Waals surface area contributed by atoms with Crippen molar-refractivity contribution >= 4 is 45.4 Å². The van der Waals surface area contributed by atoms with Crippen molar-refractivity contribution in [2.75, 3.05) is 11.1 Å². The minimum atomic E-state index is -0.808. The summed E-state index contributed by atoms with van der Waals surface area (Å²) < 4.78 is 12.0. The van der Waals surface area contributed by atoms with Crippen LogP contribution in [0.3, 0.4) is 0 Å². The monoisotopic (exact) mass is 364 g/mol. The van der Waals surface area contributed by atoms with Gasteiger partial charge in [0.2, 0.25) is 0 Å². The second-order valence-electron chi connectivity index (χ2n) is 5.34. The summed E-state index contributed by atoms with van der Waals surface area (Å²) in [5.74, 6) is 0.663. The Bertz CT molecular complexity index is 574. The fourth-order valence-corrected chi connectivity index (χ4v) is 4.69. The number of rotatable bonds is 5. The van der Waals surface area contributed by atoms with Gasteiger partial charge in [-0.2, -0.15) is 0 Å². The van der Waals surface area contributed by atoms with Gasteiger partial charge in [0.05, 0.1) is 20.7 Å². The number of halogens is 2. The Morgan fingerprint density at radius 1 is 1.36 bits per heavy atom. The molecule has 0 heterocycles. The molecule has 0 radical (unpaired) electrons. The van der Waals surface area contributed by atoms with E-state index in [1.54, 1.807) is 0 Å². The van der Waals surface area contributed by atoms with E-state index < -0.39 is 15.7 Å². The number of nitro benzene ring substituents is 1. The largest absolute Gasteiger partial charge is 0.380 e. The van der Waals surface area contributed by atoms with E-state index in [-0.39, 0.29) is 27.0 Å². The van der Waals surface area contributed by atoms with Crippen molar-refractivity contribution in [2.45, 2.75) is 43.9 Å². The van der Waals surface area contributed by atoms with E-state index in [0.29, 0.717) is 11.4 Å². The Morgan fingerprint density at radius 3 is 2.55 bits per heavy atom. The highest BCUT2D eigenvalue weighted by Gasteiger charge is 2.26. The van der Waals surface area contributed by atoms with Crippen molar-refractivity contribution in [3.05, 3.63) is 32.3 Å². The first-order chi connectivity index (χ1) is 10.4. The molecule has 22 heavy (non-hydrogen) atoms.